The molecule has 0 radical (unpaired) electrons. The summed E-state index contributed by atoms with van der Waals surface area (Å²) < 4.78 is 3.69. The van der Waals surface area contributed by atoms with Gasteiger partial charge in [-0.15, -0.1) is 10.2 Å². The van der Waals surface area contributed by atoms with Crippen LogP contribution in [-0.4, -0.2) is 24.3 Å². The summed E-state index contributed by atoms with van der Waals surface area (Å²) in [6, 6.07) is 7.03. The molecule has 0 spiro atoms. The summed E-state index contributed by atoms with van der Waals surface area (Å²) in [7, 11) is 1.84. The van der Waals surface area contributed by atoms with Gasteiger partial charge in [0, 0.05) is 7.05 Å². The third kappa shape index (κ3) is 1.87. The first kappa shape index (κ1) is 12.7. The number of benzene rings is 1. The molecular formula is C13H13N5OS. The van der Waals surface area contributed by atoms with E-state index in [1.165, 1.54) is 4.57 Å². The number of fused-ring (bicyclic) bond motifs is 1. The standard InChI is InChI=1S/C13H13N5OS/c1-8(11-16-14-7-17(11)2)18-12(19)9-5-3-4-6-10(9)15-13(18)20/h3-8H,1-2H3,(H,15,20). The first-order valence-corrected chi connectivity index (χ1v) is 6.58. The van der Waals surface area contributed by atoms with E-state index >= 15 is 0 Å². The van der Waals surface area contributed by atoms with E-state index in [1.807, 2.05) is 32.2 Å². The number of H-pyrrole nitrogens is 1. The average molecular weight is 287 g/mol. The largest absolute Gasteiger partial charge is 0.332 e. The van der Waals surface area contributed by atoms with Crippen molar-refractivity contribution in [3.8, 4) is 0 Å². The number of hydrogen-bond acceptors (Lipinski definition) is 4. The second-order valence-corrected chi connectivity index (χ2v) is 5.01. The van der Waals surface area contributed by atoms with Gasteiger partial charge in [0.25, 0.3) is 5.56 Å². The Kier molecular flexibility index (Phi) is 2.98. The minimum absolute atomic E-state index is 0.125. The fourth-order valence-electron chi connectivity index (χ4n) is 2.31. The number of rotatable bonds is 2. The lowest BCUT2D eigenvalue weighted by molar-refractivity contribution is 0.546. The number of nitrogens with zero attached hydrogens (tertiary/aromatic N) is 4. The van der Waals surface area contributed by atoms with Gasteiger partial charge in [-0.2, -0.15) is 0 Å². The molecule has 0 aliphatic carbocycles. The average Bonchev–Trinajstić information content (AvgIpc) is 2.85. The molecule has 1 atom stereocenters. The lowest BCUT2D eigenvalue weighted by Crippen LogP contribution is -2.27. The molecule has 1 aromatic carbocycles. The molecule has 7 heteroatoms. The van der Waals surface area contributed by atoms with Crippen molar-refractivity contribution in [2.75, 3.05) is 0 Å². The van der Waals surface area contributed by atoms with Crippen LogP contribution in [0, 0.1) is 4.77 Å². The third-order valence-corrected chi connectivity index (χ3v) is 3.64. The van der Waals surface area contributed by atoms with Crippen molar-refractivity contribution in [2.24, 2.45) is 7.05 Å². The SMILES string of the molecule is CC(c1nncn1C)n1c(=S)[nH]c2ccccc2c1=O. The van der Waals surface area contributed by atoms with Gasteiger partial charge in [0.05, 0.1) is 16.9 Å². The molecule has 0 aliphatic rings. The van der Waals surface area contributed by atoms with Gasteiger partial charge >= 0.3 is 0 Å². The molecule has 2 aromatic heterocycles. The van der Waals surface area contributed by atoms with Crippen molar-refractivity contribution in [3.63, 3.8) is 0 Å². The highest BCUT2D eigenvalue weighted by Gasteiger charge is 2.17. The quantitative estimate of drug-likeness (QED) is 0.730. The number of aromatic nitrogens is 5. The monoisotopic (exact) mass is 287 g/mol. The van der Waals surface area contributed by atoms with Crippen LogP contribution in [-0.2, 0) is 7.05 Å². The first-order chi connectivity index (χ1) is 9.59. The van der Waals surface area contributed by atoms with Crippen molar-refractivity contribution in [1.29, 1.82) is 0 Å². The predicted octanol–water partition coefficient (Wildman–Crippen LogP) is 1.80. The summed E-state index contributed by atoms with van der Waals surface area (Å²) in [5.41, 5.74) is 0.615. The van der Waals surface area contributed by atoms with Crippen LogP contribution in [0.2, 0.25) is 0 Å². The molecule has 0 bridgehead atoms. The highest BCUT2D eigenvalue weighted by molar-refractivity contribution is 7.71. The van der Waals surface area contributed by atoms with Crippen molar-refractivity contribution >= 4 is 23.1 Å². The Bertz CT molecular complexity index is 891. The van der Waals surface area contributed by atoms with E-state index in [0.717, 1.165) is 5.52 Å². The highest BCUT2D eigenvalue weighted by atomic mass is 32.1. The van der Waals surface area contributed by atoms with Gasteiger partial charge in [-0.1, -0.05) is 12.1 Å². The van der Waals surface area contributed by atoms with Gasteiger partial charge < -0.3 is 9.55 Å². The molecule has 3 aromatic rings. The predicted molar refractivity (Wildman–Crippen MR) is 78.2 cm³/mol. The van der Waals surface area contributed by atoms with E-state index in [2.05, 4.69) is 15.2 Å². The van der Waals surface area contributed by atoms with E-state index < -0.39 is 0 Å². The zero-order chi connectivity index (χ0) is 14.3. The summed E-state index contributed by atoms with van der Waals surface area (Å²) >= 11 is 5.31. The Morgan fingerprint density at radius 2 is 2.10 bits per heavy atom. The number of hydrogen-bond donors (Lipinski definition) is 1. The maximum atomic E-state index is 12.6. The van der Waals surface area contributed by atoms with Crippen LogP contribution in [0.15, 0.2) is 35.4 Å². The lowest BCUT2D eigenvalue weighted by Gasteiger charge is -2.15. The topological polar surface area (TPSA) is 68.5 Å². The second-order valence-electron chi connectivity index (χ2n) is 4.63. The molecule has 6 nitrogen and oxygen atoms in total. The maximum Gasteiger partial charge on any atom is 0.262 e. The van der Waals surface area contributed by atoms with E-state index in [-0.39, 0.29) is 11.6 Å². The second kappa shape index (κ2) is 4.68. The fourth-order valence-corrected chi connectivity index (χ4v) is 2.66. The Labute approximate surface area is 119 Å². The number of nitrogens with one attached hydrogen (secondary N) is 1. The minimum atomic E-state index is -0.289. The van der Waals surface area contributed by atoms with E-state index in [1.54, 1.807) is 17.0 Å². The van der Waals surface area contributed by atoms with Crippen LogP contribution >= 0.6 is 12.2 Å². The van der Waals surface area contributed by atoms with Crippen molar-refractivity contribution < 1.29 is 0 Å². The van der Waals surface area contributed by atoms with Crippen molar-refractivity contribution in [2.45, 2.75) is 13.0 Å². The van der Waals surface area contributed by atoms with Crippen LogP contribution in [0.25, 0.3) is 10.9 Å². The molecule has 3 rings (SSSR count). The molecule has 0 saturated heterocycles. The first-order valence-electron chi connectivity index (χ1n) is 6.17. The molecule has 1 N–H and O–H groups in total. The maximum absolute atomic E-state index is 12.6. The van der Waals surface area contributed by atoms with Crippen LogP contribution in [0.5, 0.6) is 0 Å². The number of aromatic amines is 1. The summed E-state index contributed by atoms with van der Waals surface area (Å²) in [6.07, 6.45) is 1.60. The highest BCUT2D eigenvalue weighted by Crippen LogP contribution is 2.15. The van der Waals surface area contributed by atoms with Crippen LogP contribution in [0.1, 0.15) is 18.8 Å². The smallest absolute Gasteiger partial charge is 0.262 e. The Morgan fingerprint density at radius 1 is 1.35 bits per heavy atom. The molecular weight excluding hydrogens is 274 g/mol. The molecule has 102 valence electrons. The Morgan fingerprint density at radius 3 is 2.80 bits per heavy atom. The van der Waals surface area contributed by atoms with Gasteiger partial charge in [0.1, 0.15) is 6.33 Å². The molecule has 0 saturated carbocycles. The molecule has 2 heterocycles. The van der Waals surface area contributed by atoms with Crippen LogP contribution in [0.4, 0.5) is 0 Å². The van der Waals surface area contributed by atoms with E-state index in [4.69, 9.17) is 12.2 Å². The summed E-state index contributed by atoms with van der Waals surface area (Å²) in [6.45, 7) is 1.88. The van der Waals surface area contributed by atoms with Crippen LogP contribution in [0.3, 0.4) is 0 Å². The summed E-state index contributed by atoms with van der Waals surface area (Å²) in [5.74, 6) is 0.682. The van der Waals surface area contributed by atoms with Crippen molar-refractivity contribution in [1.82, 2.24) is 24.3 Å². The van der Waals surface area contributed by atoms with Gasteiger partial charge in [0.15, 0.2) is 10.6 Å². The number of aryl methyl sites for hydroxylation is 1. The summed E-state index contributed by atoms with van der Waals surface area (Å²) in [4.78, 5) is 15.7. The molecule has 0 aliphatic heterocycles. The normalized spacial score (nSPS) is 12.7. The Balaban J connectivity index is 2.30. The number of para-hydroxylation sites is 1. The van der Waals surface area contributed by atoms with Crippen molar-refractivity contribution in [3.05, 3.63) is 51.5 Å². The molecule has 0 amide bonds. The Hall–Kier alpha value is -2.28. The fraction of sp³-hybridized carbons (Fsp3) is 0.231. The molecule has 0 fully saturated rings. The zero-order valence-corrected chi connectivity index (χ0v) is 11.9. The molecule has 20 heavy (non-hydrogen) atoms. The van der Waals surface area contributed by atoms with Gasteiger partial charge in [-0.25, -0.2) is 0 Å². The van der Waals surface area contributed by atoms with Gasteiger partial charge in [-0.05, 0) is 31.3 Å². The molecule has 1 unspecified atom stereocenters. The van der Waals surface area contributed by atoms with E-state index in [0.29, 0.717) is 16.0 Å². The van der Waals surface area contributed by atoms with E-state index in [9.17, 15) is 4.79 Å². The van der Waals surface area contributed by atoms with Gasteiger partial charge in [0.2, 0.25) is 0 Å². The zero-order valence-electron chi connectivity index (χ0n) is 11.1. The van der Waals surface area contributed by atoms with Crippen LogP contribution < -0.4 is 5.56 Å². The third-order valence-electron chi connectivity index (χ3n) is 3.34. The minimum Gasteiger partial charge on any atom is -0.332 e. The van der Waals surface area contributed by atoms with Gasteiger partial charge in [-0.3, -0.25) is 9.36 Å². The summed E-state index contributed by atoms with van der Waals surface area (Å²) in [5, 5.41) is 8.50. The lowest BCUT2D eigenvalue weighted by atomic mass is 10.2.